The van der Waals surface area contributed by atoms with E-state index in [1.807, 2.05) is 0 Å². The van der Waals surface area contributed by atoms with Crippen LogP contribution in [0.5, 0.6) is 0 Å². The minimum Gasteiger partial charge on any atom is -0.363 e. The van der Waals surface area contributed by atoms with Crippen molar-refractivity contribution in [3.05, 3.63) is 48.3 Å². The van der Waals surface area contributed by atoms with E-state index in [9.17, 15) is 13.2 Å². The average molecular weight is 240 g/mol. The van der Waals surface area contributed by atoms with Crippen molar-refractivity contribution >= 4 is 0 Å². The number of hydrogen-bond donors (Lipinski definition) is 2. The molecule has 90 valence electrons. The van der Waals surface area contributed by atoms with Gasteiger partial charge in [0.15, 0.2) is 0 Å². The summed E-state index contributed by atoms with van der Waals surface area (Å²) in [5.41, 5.74) is 6.38. The zero-order valence-electron chi connectivity index (χ0n) is 8.83. The third-order valence-corrected chi connectivity index (χ3v) is 2.53. The van der Waals surface area contributed by atoms with Crippen molar-refractivity contribution in [3.63, 3.8) is 0 Å². The summed E-state index contributed by atoms with van der Waals surface area (Å²) in [6.07, 6.45) is -2.99. The van der Waals surface area contributed by atoms with E-state index in [4.69, 9.17) is 5.73 Å². The number of hydrogen-bond acceptors (Lipinski definition) is 1. The predicted octanol–water partition coefficient (Wildman–Crippen LogP) is 3.24. The Balaban J connectivity index is 2.43. The van der Waals surface area contributed by atoms with Crippen LogP contribution in [0.3, 0.4) is 0 Å². The first-order valence-corrected chi connectivity index (χ1v) is 5.05. The molecule has 2 rings (SSSR count). The molecule has 1 heterocycles. The maximum Gasteiger partial charge on any atom is 0.409 e. The highest BCUT2D eigenvalue weighted by molar-refractivity contribution is 5.66. The fourth-order valence-electron chi connectivity index (χ4n) is 1.67. The Morgan fingerprint density at radius 3 is 2.29 bits per heavy atom. The lowest BCUT2D eigenvalue weighted by Gasteiger charge is -2.16. The SMILES string of the molecule is NC(c1[nH]ccc1-c1ccccc1)C(F)(F)F. The van der Waals surface area contributed by atoms with E-state index < -0.39 is 12.2 Å². The summed E-state index contributed by atoms with van der Waals surface area (Å²) in [6.45, 7) is 0. The molecule has 0 aliphatic heterocycles. The molecule has 0 aliphatic rings. The summed E-state index contributed by atoms with van der Waals surface area (Å²) < 4.78 is 37.7. The fourth-order valence-corrected chi connectivity index (χ4v) is 1.67. The summed E-state index contributed by atoms with van der Waals surface area (Å²) >= 11 is 0. The maximum atomic E-state index is 12.6. The molecule has 0 saturated carbocycles. The Kier molecular flexibility index (Phi) is 2.93. The minimum absolute atomic E-state index is 0.0105. The highest BCUT2D eigenvalue weighted by Gasteiger charge is 2.39. The molecule has 17 heavy (non-hydrogen) atoms. The van der Waals surface area contributed by atoms with Gasteiger partial charge in [0, 0.05) is 17.5 Å². The van der Waals surface area contributed by atoms with E-state index in [-0.39, 0.29) is 5.69 Å². The van der Waals surface area contributed by atoms with Crippen molar-refractivity contribution in [1.29, 1.82) is 0 Å². The van der Waals surface area contributed by atoms with Crippen LogP contribution in [0, 0.1) is 0 Å². The van der Waals surface area contributed by atoms with E-state index in [2.05, 4.69) is 4.98 Å². The Labute approximate surface area is 96.3 Å². The van der Waals surface area contributed by atoms with Gasteiger partial charge in [-0.05, 0) is 11.6 Å². The van der Waals surface area contributed by atoms with Gasteiger partial charge in [0.1, 0.15) is 6.04 Å². The molecule has 0 spiro atoms. The molecule has 1 aromatic heterocycles. The number of halogens is 3. The van der Waals surface area contributed by atoms with E-state index >= 15 is 0 Å². The molecule has 0 amide bonds. The molecule has 0 aliphatic carbocycles. The van der Waals surface area contributed by atoms with Crippen LogP contribution in [0.1, 0.15) is 11.7 Å². The summed E-state index contributed by atoms with van der Waals surface area (Å²) in [6, 6.07) is 8.44. The molecule has 3 N–H and O–H groups in total. The van der Waals surface area contributed by atoms with Crippen molar-refractivity contribution < 1.29 is 13.2 Å². The van der Waals surface area contributed by atoms with Gasteiger partial charge in [-0.2, -0.15) is 13.2 Å². The second-order valence-electron chi connectivity index (χ2n) is 3.69. The lowest BCUT2D eigenvalue weighted by Crippen LogP contribution is -2.29. The van der Waals surface area contributed by atoms with Crippen molar-refractivity contribution in [2.24, 2.45) is 5.73 Å². The smallest absolute Gasteiger partial charge is 0.363 e. The molecule has 0 fully saturated rings. The first-order chi connectivity index (χ1) is 8.00. The average Bonchev–Trinajstić information content (AvgIpc) is 2.76. The van der Waals surface area contributed by atoms with Gasteiger partial charge in [0.2, 0.25) is 0 Å². The second kappa shape index (κ2) is 4.25. The molecular weight excluding hydrogens is 229 g/mol. The lowest BCUT2D eigenvalue weighted by molar-refractivity contribution is -0.149. The molecule has 0 bridgehead atoms. The van der Waals surface area contributed by atoms with Crippen LogP contribution >= 0.6 is 0 Å². The van der Waals surface area contributed by atoms with Crippen molar-refractivity contribution in [3.8, 4) is 11.1 Å². The van der Waals surface area contributed by atoms with Crippen LogP contribution in [-0.4, -0.2) is 11.2 Å². The number of nitrogens with two attached hydrogens (primary N) is 1. The summed E-state index contributed by atoms with van der Waals surface area (Å²) in [7, 11) is 0. The lowest BCUT2D eigenvalue weighted by atomic mass is 10.0. The number of alkyl halides is 3. The normalized spacial score (nSPS) is 13.6. The number of nitrogens with one attached hydrogen (secondary N) is 1. The first-order valence-electron chi connectivity index (χ1n) is 5.05. The summed E-state index contributed by atoms with van der Waals surface area (Å²) in [4.78, 5) is 2.57. The Morgan fingerprint density at radius 1 is 1.06 bits per heavy atom. The van der Waals surface area contributed by atoms with Crippen LogP contribution in [-0.2, 0) is 0 Å². The number of aromatic nitrogens is 1. The van der Waals surface area contributed by atoms with Gasteiger partial charge < -0.3 is 10.7 Å². The largest absolute Gasteiger partial charge is 0.409 e. The zero-order chi connectivity index (χ0) is 12.5. The van der Waals surface area contributed by atoms with Gasteiger partial charge in [-0.3, -0.25) is 0 Å². The van der Waals surface area contributed by atoms with Gasteiger partial charge in [0.25, 0.3) is 0 Å². The molecule has 5 heteroatoms. The van der Waals surface area contributed by atoms with Crippen molar-refractivity contribution in [2.75, 3.05) is 0 Å². The quantitative estimate of drug-likeness (QED) is 0.831. The molecule has 2 aromatic rings. The molecule has 2 nitrogen and oxygen atoms in total. The van der Waals surface area contributed by atoms with Gasteiger partial charge in [-0.15, -0.1) is 0 Å². The highest BCUT2D eigenvalue weighted by atomic mass is 19.4. The standard InChI is InChI=1S/C12H11F3N2/c13-12(14,15)11(16)10-9(6-7-17-10)8-4-2-1-3-5-8/h1-7,11,17H,16H2. The molecule has 0 radical (unpaired) electrons. The van der Waals surface area contributed by atoms with Crippen LogP contribution in [0.15, 0.2) is 42.6 Å². The highest BCUT2D eigenvalue weighted by Crippen LogP contribution is 2.35. The van der Waals surface area contributed by atoms with Crippen molar-refractivity contribution in [2.45, 2.75) is 12.2 Å². The number of benzene rings is 1. The molecular formula is C12H11F3N2. The minimum atomic E-state index is -4.45. The van der Waals surface area contributed by atoms with Crippen LogP contribution < -0.4 is 5.73 Å². The van der Waals surface area contributed by atoms with Gasteiger partial charge >= 0.3 is 6.18 Å². The van der Waals surface area contributed by atoms with Crippen LogP contribution in [0.4, 0.5) is 13.2 Å². The van der Waals surface area contributed by atoms with Gasteiger partial charge in [-0.25, -0.2) is 0 Å². The topological polar surface area (TPSA) is 41.8 Å². The van der Waals surface area contributed by atoms with Crippen LogP contribution in [0.25, 0.3) is 11.1 Å². The third kappa shape index (κ3) is 2.34. The first kappa shape index (κ1) is 11.7. The monoisotopic (exact) mass is 240 g/mol. The van der Waals surface area contributed by atoms with E-state index in [0.717, 1.165) is 0 Å². The van der Waals surface area contributed by atoms with Gasteiger partial charge in [-0.1, -0.05) is 30.3 Å². The Bertz CT molecular complexity index is 488. The Morgan fingerprint density at radius 2 is 1.71 bits per heavy atom. The fraction of sp³-hybridized carbons (Fsp3) is 0.167. The van der Waals surface area contributed by atoms with Crippen molar-refractivity contribution in [1.82, 2.24) is 4.98 Å². The molecule has 1 unspecified atom stereocenters. The van der Waals surface area contributed by atoms with E-state index in [1.54, 1.807) is 36.4 Å². The maximum absolute atomic E-state index is 12.6. The number of rotatable bonds is 2. The molecule has 1 atom stereocenters. The number of aromatic amines is 1. The van der Waals surface area contributed by atoms with E-state index in [0.29, 0.717) is 11.1 Å². The van der Waals surface area contributed by atoms with Gasteiger partial charge in [0.05, 0.1) is 0 Å². The third-order valence-electron chi connectivity index (χ3n) is 2.53. The van der Waals surface area contributed by atoms with E-state index in [1.165, 1.54) is 6.20 Å². The second-order valence-corrected chi connectivity index (χ2v) is 3.69. The number of H-pyrrole nitrogens is 1. The molecule has 1 aromatic carbocycles. The zero-order valence-corrected chi connectivity index (χ0v) is 8.83. The molecule has 0 saturated heterocycles. The van der Waals surface area contributed by atoms with Crippen LogP contribution in [0.2, 0.25) is 0 Å². The Hall–Kier alpha value is -1.75. The predicted molar refractivity (Wildman–Crippen MR) is 59.2 cm³/mol. The summed E-state index contributed by atoms with van der Waals surface area (Å²) in [5.74, 6) is 0. The summed E-state index contributed by atoms with van der Waals surface area (Å²) in [5, 5.41) is 0.